The molecule has 0 aromatic carbocycles. The molecule has 2 unspecified atom stereocenters. The van der Waals surface area contributed by atoms with Gasteiger partial charge in [0.2, 0.25) is 0 Å². The van der Waals surface area contributed by atoms with Crippen LogP contribution in [0.5, 0.6) is 0 Å². The number of carbonyl (C=O) groups is 1. The predicted octanol–water partition coefficient (Wildman–Crippen LogP) is 8.50. The van der Waals surface area contributed by atoms with Crippen LogP contribution in [0.25, 0.3) is 0 Å². The Morgan fingerprint density at radius 2 is 1.71 bits per heavy atom. The first-order valence-corrected chi connectivity index (χ1v) is 13.8. The van der Waals surface area contributed by atoms with Crippen LogP contribution < -0.4 is 0 Å². The van der Waals surface area contributed by atoms with Crippen molar-refractivity contribution in [2.24, 2.45) is 46.3 Å². The Morgan fingerprint density at radius 3 is 2.38 bits per heavy atom. The van der Waals surface area contributed by atoms with Gasteiger partial charge in [0.15, 0.2) is 0 Å². The average Bonchev–Trinajstić information content (AvgIpc) is 3.10. The number of carbonyl (C=O) groups excluding carboxylic acids is 1. The van der Waals surface area contributed by atoms with E-state index in [1.54, 1.807) is 5.57 Å². The highest BCUT2D eigenvalue weighted by atomic mass is 19.4. The number of fused-ring (bicyclic) bond motifs is 5. The Balaban J connectivity index is 1.45. The number of alkyl halides is 3. The van der Waals surface area contributed by atoms with Crippen LogP contribution in [0.3, 0.4) is 0 Å². The second kappa shape index (κ2) is 9.47. The normalized spacial score (nSPS) is 40.7. The molecule has 5 heteroatoms. The fourth-order valence-electron chi connectivity index (χ4n) is 8.82. The van der Waals surface area contributed by atoms with Crippen molar-refractivity contribution in [2.75, 3.05) is 0 Å². The van der Waals surface area contributed by atoms with Crippen LogP contribution in [0.2, 0.25) is 0 Å². The highest BCUT2D eigenvalue weighted by Crippen LogP contribution is 2.67. The Labute approximate surface area is 204 Å². The number of allylic oxidation sites excluding steroid dienone is 2. The molecule has 0 spiro atoms. The van der Waals surface area contributed by atoms with Crippen LogP contribution in [0.1, 0.15) is 105 Å². The Hall–Kier alpha value is -1.00. The number of halogens is 3. The van der Waals surface area contributed by atoms with Gasteiger partial charge in [-0.2, -0.15) is 13.2 Å². The van der Waals surface area contributed by atoms with Crippen molar-refractivity contribution in [1.29, 1.82) is 0 Å². The van der Waals surface area contributed by atoms with Gasteiger partial charge in [-0.25, -0.2) is 4.79 Å². The number of ether oxygens (including phenoxy) is 1. The molecule has 0 aliphatic heterocycles. The molecule has 0 saturated heterocycles. The van der Waals surface area contributed by atoms with Crippen molar-refractivity contribution in [1.82, 2.24) is 0 Å². The summed E-state index contributed by atoms with van der Waals surface area (Å²) < 4.78 is 43.0. The van der Waals surface area contributed by atoms with Crippen LogP contribution in [-0.4, -0.2) is 18.2 Å². The van der Waals surface area contributed by atoms with Crippen LogP contribution in [0.4, 0.5) is 13.2 Å². The molecule has 194 valence electrons. The zero-order chi connectivity index (χ0) is 24.9. The van der Waals surface area contributed by atoms with Gasteiger partial charge in [0.25, 0.3) is 0 Å². The van der Waals surface area contributed by atoms with Crippen LogP contribution in [-0.2, 0) is 9.53 Å². The topological polar surface area (TPSA) is 26.3 Å². The van der Waals surface area contributed by atoms with Gasteiger partial charge in [-0.15, -0.1) is 0 Å². The first-order chi connectivity index (χ1) is 15.9. The minimum Gasteiger partial charge on any atom is -0.456 e. The monoisotopic (exact) mass is 482 g/mol. The van der Waals surface area contributed by atoms with Gasteiger partial charge in [0.05, 0.1) is 0 Å². The average molecular weight is 483 g/mol. The quantitative estimate of drug-likeness (QED) is 0.280. The molecule has 4 rings (SSSR count). The van der Waals surface area contributed by atoms with Crippen molar-refractivity contribution >= 4 is 5.97 Å². The summed E-state index contributed by atoms with van der Waals surface area (Å²) in [6.45, 7) is 12.1. The standard InChI is InChI=1S/C29H45F3O2/c1-18(2)7-6-8-19(3)23-11-12-24-22-10-9-20-17-21(34-26(33)29(30,31)32)13-15-27(20,4)25(22)14-16-28(23,24)5/h10,18-21,23-25H,6-9,11-17H2,1-5H3/t19-,20?,21?,23-,24+,25+,27+,28-/m1/s1. The maximum absolute atomic E-state index is 12.7. The van der Waals surface area contributed by atoms with Gasteiger partial charge < -0.3 is 4.74 Å². The van der Waals surface area contributed by atoms with E-state index in [9.17, 15) is 18.0 Å². The highest BCUT2D eigenvalue weighted by molar-refractivity contribution is 5.75. The molecule has 4 aliphatic rings. The van der Waals surface area contributed by atoms with E-state index in [1.807, 2.05) is 0 Å². The Morgan fingerprint density at radius 1 is 1.03 bits per heavy atom. The molecule has 0 amide bonds. The molecule has 2 nitrogen and oxygen atoms in total. The minimum absolute atomic E-state index is 0.119. The number of rotatable bonds is 6. The molecule has 0 bridgehead atoms. The fourth-order valence-corrected chi connectivity index (χ4v) is 8.82. The minimum atomic E-state index is -4.90. The SMILES string of the molecule is CC(C)CCC[C@@H](C)[C@H]1CC[C@H]2C3=CCC4CC(OC(=O)C(F)(F)F)CC[C@]4(C)[C@H]3CC[C@]12C. The molecule has 0 aromatic rings. The van der Waals surface area contributed by atoms with Crippen molar-refractivity contribution < 1.29 is 22.7 Å². The lowest BCUT2D eigenvalue weighted by Gasteiger charge is -2.58. The van der Waals surface area contributed by atoms with Gasteiger partial charge in [0.1, 0.15) is 6.10 Å². The van der Waals surface area contributed by atoms with Crippen molar-refractivity contribution in [3.05, 3.63) is 11.6 Å². The summed E-state index contributed by atoms with van der Waals surface area (Å²) in [6, 6.07) is 0. The van der Waals surface area contributed by atoms with E-state index in [4.69, 9.17) is 4.74 Å². The van der Waals surface area contributed by atoms with E-state index < -0.39 is 18.2 Å². The van der Waals surface area contributed by atoms with Crippen molar-refractivity contribution in [2.45, 2.75) is 118 Å². The molecule has 8 atom stereocenters. The maximum Gasteiger partial charge on any atom is 0.490 e. The van der Waals surface area contributed by atoms with E-state index in [0.29, 0.717) is 36.0 Å². The van der Waals surface area contributed by atoms with E-state index >= 15 is 0 Å². The van der Waals surface area contributed by atoms with E-state index in [2.05, 4.69) is 40.7 Å². The second-order valence-corrected chi connectivity index (χ2v) is 13.1. The lowest BCUT2D eigenvalue weighted by Crippen LogP contribution is -2.50. The molecule has 34 heavy (non-hydrogen) atoms. The van der Waals surface area contributed by atoms with E-state index in [-0.39, 0.29) is 5.41 Å². The largest absolute Gasteiger partial charge is 0.490 e. The third-order valence-corrected chi connectivity index (χ3v) is 10.7. The van der Waals surface area contributed by atoms with E-state index in [1.165, 1.54) is 44.9 Å². The predicted molar refractivity (Wildman–Crippen MR) is 129 cm³/mol. The number of hydrogen-bond acceptors (Lipinski definition) is 2. The molecule has 0 N–H and O–H groups in total. The zero-order valence-electron chi connectivity index (χ0n) is 21.8. The lowest BCUT2D eigenvalue weighted by atomic mass is 9.47. The molecule has 0 aromatic heterocycles. The third-order valence-electron chi connectivity index (χ3n) is 10.7. The highest BCUT2D eigenvalue weighted by Gasteiger charge is 2.58. The second-order valence-electron chi connectivity index (χ2n) is 13.1. The van der Waals surface area contributed by atoms with Crippen LogP contribution >= 0.6 is 0 Å². The van der Waals surface area contributed by atoms with Gasteiger partial charge in [-0.1, -0.05) is 65.5 Å². The van der Waals surface area contributed by atoms with Crippen molar-refractivity contribution in [3.8, 4) is 0 Å². The van der Waals surface area contributed by atoms with Gasteiger partial charge in [-0.3, -0.25) is 0 Å². The lowest BCUT2D eigenvalue weighted by molar-refractivity contribution is -0.208. The first kappa shape index (κ1) is 26.1. The molecular weight excluding hydrogens is 437 g/mol. The molecular formula is C29H45F3O2. The maximum atomic E-state index is 12.7. The summed E-state index contributed by atoms with van der Waals surface area (Å²) >= 11 is 0. The van der Waals surface area contributed by atoms with Crippen LogP contribution in [0, 0.1) is 46.3 Å². The zero-order valence-corrected chi connectivity index (χ0v) is 21.8. The van der Waals surface area contributed by atoms with Crippen LogP contribution in [0.15, 0.2) is 11.6 Å². The summed E-state index contributed by atoms with van der Waals surface area (Å²) in [5.74, 6) is 1.84. The smallest absolute Gasteiger partial charge is 0.456 e. The summed E-state index contributed by atoms with van der Waals surface area (Å²) in [7, 11) is 0. The molecule has 0 heterocycles. The van der Waals surface area contributed by atoms with Gasteiger partial charge >= 0.3 is 12.1 Å². The summed E-state index contributed by atoms with van der Waals surface area (Å²) in [5.41, 5.74) is 2.19. The van der Waals surface area contributed by atoms with Gasteiger partial charge in [-0.05, 0) is 97.7 Å². The molecule has 4 aliphatic carbocycles. The third kappa shape index (κ3) is 4.71. The first-order valence-electron chi connectivity index (χ1n) is 13.8. The Bertz CT molecular complexity index is 787. The van der Waals surface area contributed by atoms with E-state index in [0.717, 1.165) is 30.6 Å². The summed E-state index contributed by atoms with van der Waals surface area (Å²) in [4.78, 5) is 11.4. The summed E-state index contributed by atoms with van der Waals surface area (Å²) in [6.07, 6.45) is 8.96. The number of hydrogen-bond donors (Lipinski definition) is 0. The molecule has 3 saturated carbocycles. The number of esters is 1. The molecule has 3 fully saturated rings. The van der Waals surface area contributed by atoms with Crippen molar-refractivity contribution in [3.63, 3.8) is 0 Å². The van der Waals surface area contributed by atoms with Gasteiger partial charge in [0, 0.05) is 0 Å². The fraction of sp³-hybridized carbons (Fsp3) is 0.897. The summed E-state index contributed by atoms with van der Waals surface area (Å²) in [5, 5.41) is 0. The Kier molecular flexibility index (Phi) is 7.26. The molecule has 0 radical (unpaired) electrons.